The van der Waals surface area contributed by atoms with E-state index in [2.05, 4.69) is 5.10 Å². The van der Waals surface area contributed by atoms with Crippen LogP contribution in [0.3, 0.4) is 0 Å². The van der Waals surface area contributed by atoms with Crippen LogP contribution in [0.15, 0.2) is 36.5 Å². The minimum absolute atomic E-state index is 0.179. The molecule has 7 heteroatoms. The normalized spacial score (nSPS) is 18.8. The van der Waals surface area contributed by atoms with Crippen LogP contribution in [0.1, 0.15) is 23.0 Å². The first-order chi connectivity index (χ1) is 9.88. The topological polar surface area (TPSA) is 38.1 Å². The highest BCUT2D eigenvalue weighted by atomic mass is 19.4. The highest BCUT2D eigenvalue weighted by Gasteiger charge is 2.33. The van der Waals surface area contributed by atoms with E-state index in [1.807, 2.05) is 6.92 Å². The second-order valence-corrected chi connectivity index (χ2v) is 4.97. The average Bonchev–Trinajstić information content (AvgIpc) is 2.86. The molecule has 4 nitrogen and oxygen atoms in total. The number of hydrogen-bond acceptors (Lipinski definition) is 2. The molecule has 2 heterocycles. The molecule has 1 atom stereocenters. The maximum atomic E-state index is 12.6. The van der Waals surface area contributed by atoms with Crippen LogP contribution < -0.4 is 4.90 Å². The molecule has 1 aromatic heterocycles. The average molecular weight is 295 g/mol. The molecule has 0 spiro atoms. The zero-order valence-electron chi connectivity index (χ0n) is 11.1. The molecular weight excluding hydrogens is 283 g/mol. The molecule has 0 bridgehead atoms. The summed E-state index contributed by atoms with van der Waals surface area (Å²) in [6, 6.07) is 6.04. The standard InChI is InChI=1S/C14H12F3N3O/c1-9-8-19-12(6-7-18-19)13(21)20(9)11-4-2-10(3-5-11)14(15,16)17/h2-7,9H,8H2,1H3. The van der Waals surface area contributed by atoms with Gasteiger partial charge >= 0.3 is 6.18 Å². The molecule has 1 aliphatic rings. The van der Waals surface area contributed by atoms with Crippen LogP contribution in [0.2, 0.25) is 0 Å². The Balaban J connectivity index is 1.95. The fourth-order valence-electron chi connectivity index (χ4n) is 2.50. The predicted octanol–water partition coefficient (Wildman–Crippen LogP) is 2.95. The van der Waals surface area contributed by atoms with Gasteiger partial charge in [0.25, 0.3) is 5.91 Å². The molecule has 1 amide bonds. The number of rotatable bonds is 1. The number of halogens is 3. The number of carbonyl (C=O) groups excluding carboxylic acids is 1. The van der Waals surface area contributed by atoms with E-state index in [4.69, 9.17) is 0 Å². The van der Waals surface area contributed by atoms with Crippen molar-refractivity contribution < 1.29 is 18.0 Å². The molecule has 21 heavy (non-hydrogen) atoms. The highest BCUT2D eigenvalue weighted by Crippen LogP contribution is 2.32. The number of amides is 1. The second kappa shape index (κ2) is 4.61. The molecule has 0 radical (unpaired) electrons. The van der Waals surface area contributed by atoms with Crippen LogP contribution in [0.5, 0.6) is 0 Å². The van der Waals surface area contributed by atoms with Crippen molar-refractivity contribution in [3.05, 3.63) is 47.8 Å². The van der Waals surface area contributed by atoms with E-state index in [0.29, 0.717) is 17.9 Å². The van der Waals surface area contributed by atoms with Crippen LogP contribution in [-0.4, -0.2) is 21.7 Å². The van der Waals surface area contributed by atoms with Crippen molar-refractivity contribution in [2.45, 2.75) is 25.7 Å². The molecule has 1 aromatic carbocycles. The summed E-state index contributed by atoms with van der Waals surface area (Å²) in [6.07, 6.45) is -2.84. The van der Waals surface area contributed by atoms with E-state index in [0.717, 1.165) is 12.1 Å². The number of alkyl halides is 3. The summed E-state index contributed by atoms with van der Waals surface area (Å²) in [7, 11) is 0. The third-order valence-electron chi connectivity index (χ3n) is 3.51. The molecular formula is C14H12F3N3O. The van der Waals surface area contributed by atoms with Gasteiger partial charge in [-0.2, -0.15) is 18.3 Å². The monoisotopic (exact) mass is 295 g/mol. The number of fused-ring (bicyclic) bond motifs is 1. The van der Waals surface area contributed by atoms with Crippen molar-refractivity contribution in [2.24, 2.45) is 0 Å². The van der Waals surface area contributed by atoms with E-state index in [1.165, 1.54) is 23.2 Å². The summed E-state index contributed by atoms with van der Waals surface area (Å²) < 4.78 is 39.3. The molecule has 0 saturated carbocycles. The first-order valence-electron chi connectivity index (χ1n) is 6.40. The molecule has 1 aliphatic heterocycles. The lowest BCUT2D eigenvalue weighted by molar-refractivity contribution is -0.137. The van der Waals surface area contributed by atoms with Gasteiger partial charge in [0.2, 0.25) is 0 Å². The van der Waals surface area contributed by atoms with E-state index >= 15 is 0 Å². The lowest BCUT2D eigenvalue weighted by atomic mass is 10.1. The summed E-state index contributed by atoms with van der Waals surface area (Å²) in [4.78, 5) is 13.9. The van der Waals surface area contributed by atoms with E-state index in [1.54, 1.807) is 10.7 Å². The Morgan fingerprint density at radius 3 is 2.48 bits per heavy atom. The van der Waals surface area contributed by atoms with Gasteiger partial charge in [0.1, 0.15) is 5.69 Å². The summed E-state index contributed by atoms with van der Waals surface area (Å²) >= 11 is 0. The van der Waals surface area contributed by atoms with Crippen molar-refractivity contribution in [3.63, 3.8) is 0 Å². The van der Waals surface area contributed by atoms with Crippen molar-refractivity contribution in [1.82, 2.24) is 9.78 Å². The maximum absolute atomic E-state index is 12.6. The highest BCUT2D eigenvalue weighted by molar-refractivity contribution is 6.06. The Bertz CT molecular complexity index is 676. The van der Waals surface area contributed by atoms with Crippen molar-refractivity contribution in [3.8, 4) is 0 Å². The van der Waals surface area contributed by atoms with Crippen molar-refractivity contribution in [1.29, 1.82) is 0 Å². The summed E-state index contributed by atoms with van der Waals surface area (Å²) in [6.45, 7) is 2.34. The number of hydrogen-bond donors (Lipinski definition) is 0. The van der Waals surface area contributed by atoms with Crippen LogP contribution >= 0.6 is 0 Å². The lowest BCUT2D eigenvalue weighted by Crippen LogP contribution is -2.46. The van der Waals surface area contributed by atoms with E-state index < -0.39 is 11.7 Å². The van der Waals surface area contributed by atoms with Crippen molar-refractivity contribution in [2.75, 3.05) is 4.90 Å². The van der Waals surface area contributed by atoms with E-state index in [-0.39, 0.29) is 11.9 Å². The first kappa shape index (κ1) is 13.7. The fourth-order valence-corrected chi connectivity index (χ4v) is 2.50. The van der Waals surface area contributed by atoms with Gasteiger partial charge in [-0.1, -0.05) is 0 Å². The van der Waals surface area contributed by atoms with Gasteiger partial charge < -0.3 is 4.90 Å². The largest absolute Gasteiger partial charge is 0.416 e. The molecule has 2 aromatic rings. The third kappa shape index (κ3) is 2.28. The Morgan fingerprint density at radius 2 is 1.86 bits per heavy atom. The lowest BCUT2D eigenvalue weighted by Gasteiger charge is -2.33. The molecule has 1 unspecified atom stereocenters. The van der Waals surface area contributed by atoms with Gasteiger partial charge in [0.15, 0.2) is 0 Å². The zero-order chi connectivity index (χ0) is 15.2. The predicted molar refractivity (Wildman–Crippen MR) is 69.9 cm³/mol. The smallest absolute Gasteiger partial charge is 0.302 e. The quantitative estimate of drug-likeness (QED) is 0.811. The summed E-state index contributed by atoms with van der Waals surface area (Å²) in [5.74, 6) is -0.258. The molecule has 110 valence electrons. The molecule has 0 aliphatic carbocycles. The number of nitrogens with zero attached hydrogens (tertiary/aromatic N) is 3. The Hall–Kier alpha value is -2.31. The number of carbonyl (C=O) groups is 1. The second-order valence-electron chi connectivity index (χ2n) is 4.97. The molecule has 0 fully saturated rings. The van der Waals surface area contributed by atoms with Crippen LogP contribution in [-0.2, 0) is 12.7 Å². The molecule has 3 rings (SSSR count). The van der Waals surface area contributed by atoms with Gasteiger partial charge in [0.05, 0.1) is 18.2 Å². The first-order valence-corrected chi connectivity index (χ1v) is 6.40. The van der Waals surface area contributed by atoms with E-state index in [9.17, 15) is 18.0 Å². The SMILES string of the molecule is CC1Cn2nccc2C(=O)N1c1ccc(C(F)(F)F)cc1. The van der Waals surface area contributed by atoms with Gasteiger partial charge in [-0.15, -0.1) is 0 Å². The van der Waals surface area contributed by atoms with Crippen LogP contribution in [0, 0.1) is 0 Å². The van der Waals surface area contributed by atoms with Crippen molar-refractivity contribution >= 4 is 11.6 Å². The Labute approximate surface area is 118 Å². The maximum Gasteiger partial charge on any atom is 0.416 e. The Kier molecular flexibility index (Phi) is 3.00. The Morgan fingerprint density at radius 1 is 1.19 bits per heavy atom. The van der Waals surface area contributed by atoms with Gasteiger partial charge in [-0.25, -0.2) is 0 Å². The minimum atomic E-state index is -4.38. The zero-order valence-corrected chi connectivity index (χ0v) is 11.1. The number of benzene rings is 1. The summed E-state index contributed by atoms with van der Waals surface area (Å²) in [5, 5.41) is 4.05. The fraction of sp³-hybridized carbons (Fsp3) is 0.286. The third-order valence-corrected chi connectivity index (χ3v) is 3.51. The summed E-state index contributed by atoms with van der Waals surface area (Å²) in [5.41, 5.74) is 0.161. The van der Waals surface area contributed by atoms with Crippen LogP contribution in [0.4, 0.5) is 18.9 Å². The minimum Gasteiger partial charge on any atom is -0.302 e. The number of anilines is 1. The number of aromatic nitrogens is 2. The molecule has 0 N–H and O–H groups in total. The van der Waals surface area contributed by atoms with Gasteiger partial charge in [-0.05, 0) is 37.3 Å². The van der Waals surface area contributed by atoms with Crippen LogP contribution in [0.25, 0.3) is 0 Å². The van der Waals surface area contributed by atoms with Gasteiger partial charge in [-0.3, -0.25) is 9.48 Å². The van der Waals surface area contributed by atoms with Gasteiger partial charge in [0, 0.05) is 11.9 Å². The molecule has 0 saturated heterocycles.